The van der Waals surface area contributed by atoms with Crippen molar-refractivity contribution in [2.75, 3.05) is 0 Å². The molecule has 15 heavy (non-hydrogen) atoms. The molecule has 2 aromatic rings. The molecule has 4 heteroatoms. The van der Waals surface area contributed by atoms with Gasteiger partial charge >= 0.3 is 0 Å². The molecule has 1 heterocycles. The van der Waals surface area contributed by atoms with Gasteiger partial charge in [0.2, 0.25) is 0 Å². The average molecular weight is 224 g/mol. The second kappa shape index (κ2) is 3.68. The number of aryl methyl sites for hydroxylation is 1. The van der Waals surface area contributed by atoms with E-state index in [2.05, 4.69) is 4.98 Å². The smallest absolute Gasteiger partial charge is 0.253 e. The Morgan fingerprint density at radius 1 is 1.47 bits per heavy atom. The van der Waals surface area contributed by atoms with Crippen molar-refractivity contribution in [1.29, 1.82) is 0 Å². The van der Waals surface area contributed by atoms with Gasteiger partial charge in [0.1, 0.15) is 0 Å². The Kier molecular flexibility index (Phi) is 2.50. The fourth-order valence-electron chi connectivity index (χ4n) is 1.56. The lowest BCUT2D eigenvalue weighted by atomic mass is 10.1. The van der Waals surface area contributed by atoms with Gasteiger partial charge in [-0.2, -0.15) is 0 Å². The van der Waals surface area contributed by atoms with Crippen molar-refractivity contribution in [2.45, 2.75) is 13.5 Å². The van der Waals surface area contributed by atoms with Crippen LogP contribution in [-0.4, -0.2) is 10.1 Å². The maximum absolute atomic E-state index is 11.5. The Balaban J connectivity index is 2.92. The summed E-state index contributed by atoms with van der Waals surface area (Å²) in [6, 6.07) is 5.25. The molecule has 0 fully saturated rings. The van der Waals surface area contributed by atoms with Crippen LogP contribution in [0.1, 0.15) is 11.1 Å². The van der Waals surface area contributed by atoms with Crippen molar-refractivity contribution in [3.05, 3.63) is 44.7 Å². The Morgan fingerprint density at radius 3 is 2.87 bits per heavy atom. The molecule has 0 bridgehead atoms. The molecule has 3 nitrogen and oxygen atoms in total. The lowest BCUT2D eigenvalue weighted by Gasteiger charge is -2.05. The Labute approximate surface area is 91.3 Å². The number of aromatic nitrogens is 1. The number of H-pyrrole nitrogens is 1. The summed E-state index contributed by atoms with van der Waals surface area (Å²) in [6.45, 7) is 1.61. The minimum Gasteiger partial charge on any atom is -0.391 e. The summed E-state index contributed by atoms with van der Waals surface area (Å²) in [5, 5.41) is 10.3. The first kappa shape index (κ1) is 10.2. The summed E-state index contributed by atoms with van der Waals surface area (Å²) in [7, 11) is 0. The van der Waals surface area contributed by atoms with Crippen LogP contribution >= 0.6 is 11.6 Å². The standard InChI is InChI=1S/C11H10ClNO2/c1-6-2-3-9(12)8-4-7(5-14)11(15)13-10(6)8/h2-4,14H,5H2,1H3,(H,13,15). The van der Waals surface area contributed by atoms with Gasteiger partial charge in [0, 0.05) is 16.0 Å². The maximum Gasteiger partial charge on any atom is 0.253 e. The van der Waals surface area contributed by atoms with Gasteiger partial charge in [-0.3, -0.25) is 4.79 Å². The molecule has 0 aliphatic carbocycles. The van der Waals surface area contributed by atoms with E-state index in [4.69, 9.17) is 16.7 Å². The lowest BCUT2D eigenvalue weighted by Crippen LogP contribution is -2.12. The van der Waals surface area contributed by atoms with Crippen LogP contribution in [0.3, 0.4) is 0 Å². The van der Waals surface area contributed by atoms with E-state index >= 15 is 0 Å². The van der Waals surface area contributed by atoms with Crippen LogP contribution in [-0.2, 0) is 6.61 Å². The van der Waals surface area contributed by atoms with E-state index < -0.39 is 0 Å². The number of hydrogen-bond donors (Lipinski definition) is 2. The van der Waals surface area contributed by atoms with Crippen molar-refractivity contribution in [3.8, 4) is 0 Å². The quantitative estimate of drug-likeness (QED) is 0.777. The molecule has 0 aliphatic rings. The fraction of sp³-hybridized carbons (Fsp3) is 0.182. The number of rotatable bonds is 1. The second-order valence-electron chi connectivity index (χ2n) is 3.43. The minimum atomic E-state index is -0.282. The molecule has 2 rings (SSSR count). The first-order valence-corrected chi connectivity index (χ1v) is 4.93. The van der Waals surface area contributed by atoms with Crippen LogP contribution in [0.2, 0.25) is 5.02 Å². The third kappa shape index (κ3) is 1.64. The van der Waals surface area contributed by atoms with Crippen molar-refractivity contribution in [1.82, 2.24) is 4.98 Å². The van der Waals surface area contributed by atoms with E-state index in [1.54, 1.807) is 12.1 Å². The number of halogens is 1. The third-order valence-corrected chi connectivity index (χ3v) is 2.75. The van der Waals surface area contributed by atoms with Crippen LogP contribution in [0.4, 0.5) is 0 Å². The van der Waals surface area contributed by atoms with E-state index in [1.165, 1.54) is 0 Å². The zero-order valence-corrected chi connectivity index (χ0v) is 8.93. The molecule has 0 aliphatic heterocycles. The molecular weight excluding hydrogens is 214 g/mol. The number of pyridine rings is 1. The van der Waals surface area contributed by atoms with Crippen molar-refractivity contribution >= 4 is 22.5 Å². The highest BCUT2D eigenvalue weighted by atomic mass is 35.5. The number of nitrogens with one attached hydrogen (secondary N) is 1. The molecule has 0 saturated heterocycles. The summed E-state index contributed by atoms with van der Waals surface area (Å²) in [4.78, 5) is 14.2. The van der Waals surface area contributed by atoms with Gasteiger partial charge in [0.05, 0.1) is 12.1 Å². The highest BCUT2D eigenvalue weighted by Crippen LogP contribution is 2.24. The summed E-state index contributed by atoms with van der Waals surface area (Å²) in [6.07, 6.45) is 0. The van der Waals surface area contributed by atoms with E-state index in [-0.39, 0.29) is 12.2 Å². The Hall–Kier alpha value is -1.32. The monoisotopic (exact) mass is 223 g/mol. The normalized spacial score (nSPS) is 10.9. The van der Waals surface area contributed by atoms with Crippen LogP contribution in [0, 0.1) is 6.92 Å². The molecular formula is C11H10ClNO2. The highest BCUT2D eigenvalue weighted by Gasteiger charge is 2.06. The van der Waals surface area contributed by atoms with Crippen molar-refractivity contribution in [2.24, 2.45) is 0 Å². The second-order valence-corrected chi connectivity index (χ2v) is 3.84. The first-order chi connectivity index (χ1) is 7.13. The molecule has 0 atom stereocenters. The minimum absolute atomic E-state index is 0.268. The van der Waals surface area contributed by atoms with E-state index in [9.17, 15) is 4.79 Å². The zero-order valence-electron chi connectivity index (χ0n) is 8.17. The predicted molar refractivity (Wildman–Crippen MR) is 60.2 cm³/mol. The Bertz CT molecular complexity index is 575. The number of aromatic amines is 1. The predicted octanol–water partition coefficient (Wildman–Crippen LogP) is 1.98. The van der Waals surface area contributed by atoms with Gasteiger partial charge in [-0.05, 0) is 24.6 Å². The van der Waals surface area contributed by atoms with Crippen LogP contribution < -0.4 is 5.56 Å². The van der Waals surface area contributed by atoms with Crippen molar-refractivity contribution in [3.63, 3.8) is 0 Å². The van der Waals surface area contributed by atoms with Gasteiger partial charge in [-0.15, -0.1) is 0 Å². The van der Waals surface area contributed by atoms with Gasteiger partial charge < -0.3 is 10.1 Å². The molecule has 1 aromatic carbocycles. The van der Waals surface area contributed by atoms with Gasteiger partial charge in [-0.1, -0.05) is 17.7 Å². The fourth-order valence-corrected chi connectivity index (χ4v) is 1.77. The third-order valence-electron chi connectivity index (χ3n) is 2.42. The first-order valence-electron chi connectivity index (χ1n) is 4.55. The summed E-state index contributed by atoms with van der Waals surface area (Å²) >= 11 is 6.01. The molecule has 0 saturated carbocycles. The molecule has 0 amide bonds. The number of aliphatic hydroxyl groups excluding tert-OH is 1. The van der Waals surface area contributed by atoms with Crippen molar-refractivity contribution < 1.29 is 5.11 Å². The largest absolute Gasteiger partial charge is 0.391 e. The number of fused-ring (bicyclic) bond motifs is 1. The number of benzene rings is 1. The molecule has 0 radical (unpaired) electrons. The van der Waals surface area contributed by atoms with Gasteiger partial charge in [0.15, 0.2) is 0 Å². The summed E-state index contributed by atoms with van der Waals surface area (Å²) in [5.41, 5.74) is 1.74. The Morgan fingerprint density at radius 2 is 2.20 bits per heavy atom. The molecule has 2 N–H and O–H groups in total. The average Bonchev–Trinajstić information content (AvgIpc) is 2.23. The summed E-state index contributed by atoms with van der Waals surface area (Å²) < 4.78 is 0. The number of aliphatic hydroxyl groups is 1. The zero-order chi connectivity index (χ0) is 11.0. The highest BCUT2D eigenvalue weighted by molar-refractivity contribution is 6.35. The van der Waals surface area contributed by atoms with E-state index in [1.807, 2.05) is 13.0 Å². The van der Waals surface area contributed by atoms with E-state index in [0.717, 1.165) is 16.5 Å². The molecule has 0 unspecified atom stereocenters. The summed E-state index contributed by atoms with van der Waals surface area (Å²) in [5.74, 6) is 0. The number of hydrogen-bond acceptors (Lipinski definition) is 2. The topological polar surface area (TPSA) is 53.1 Å². The van der Waals surface area contributed by atoms with Crippen LogP contribution in [0.5, 0.6) is 0 Å². The SMILES string of the molecule is Cc1ccc(Cl)c2cc(CO)c(=O)[nH]c12. The van der Waals surface area contributed by atoms with Gasteiger partial charge in [0.25, 0.3) is 5.56 Å². The van der Waals surface area contributed by atoms with Gasteiger partial charge in [-0.25, -0.2) is 0 Å². The van der Waals surface area contributed by atoms with E-state index in [0.29, 0.717) is 10.6 Å². The lowest BCUT2D eigenvalue weighted by molar-refractivity contribution is 0.280. The molecule has 78 valence electrons. The maximum atomic E-state index is 11.5. The molecule has 1 aromatic heterocycles. The van der Waals surface area contributed by atoms with Crippen LogP contribution in [0.15, 0.2) is 23.0 Å². The molecule has 0 spiro atoms. The van der Waals surface area contributed by atoms with Crippen LogP contribution in [0.25, 0.3) is 10.9 Å².